The van der Waals surface area contributed by atoms with Crippen molar-refractivity contribution >= 4 is 23.6 Å². The number of aromatic nitrogens is 1. The van der Waals surface area contributed by atoms with Crippen LogP contribution in [0.2, 0.25) is 5.02 Å². The van der Waals surface area contributed by atoms with Crippen LogP contribution in [0.4, 0.5) is 0 Å². The first kappa shape index (κ1) is 16.8. The number of ether oxygens (including phenoxy) is 1. The van der Waals surface area contributed by atoms with Crippen molar-refractivity contribution < 1.29 is 14.6 Å². The second-order valence-corrected chi connectivity index (χ2v) is 5.40. The van der Waals surface area contributed by atoms with Gasteiger partial charge in [0.15, 0.2) is 5.75 Å². The van der Waals surface area contributed by atoms with Crippen molar-refractivity contribution in [1.82, 2.24) is 10.3 Å². The van der Waals surface area contributed by atoms with Crippen molar-refractivity contribution in [2.24, 2.45) is 0 Å². The lowest BCUT2D eigenvalue weighted by molar-refractivity contribution is -0.119. The first-order chi connectivity index (χ1) is 10.9. The van der Waals surface area contributed by atoms with Gasteiger partial charge < -0.3 is 15.2 Å². The Morgan fingerprint density at radius 2 is 2.17 bits per heavy atom. The largest absolute Gasteiger partial charge is 0.508 e. The zero-order valence-corrected chi connectivity index (χ0v) is 13.5. The number of carbonyl (C=O) groups is 1. The summed E-state index contributed by atoms with van der Waals surface area (Å²) < 4.78 is 5.54. The third kappa shape index (κ3) is 5.30. The number of nitrogens with zero attached hydrogens (tertiary/aromatic N) is 1. The van der Waals surface area contributed by atoms with Gasteiger partial charge >= 0.3 is 0 Å². The highest BCUT2D eigenvalue weighted by atomic mass is 35.5. The van der Waals surface area contributed by atoms with Crippen LogP contribution in [-0.2, 0) is 4.79 Å². The number of hydrogen-bond donors (Lipinski definition) is 2. The Morgan fingerprint density at radius 3 is 2.83 bits per heavy atom. The van der Waals surface area contributed by atoms with Crippen LogP contribution in [0.25, 0.3) is 6.08 Å². The van der Waals surface area contributed by atoms with Crippen LogP contribution in [0, 0.1) is 0 Å². The Labute approximate surface area is 139 Å². The lowest BCUT2D eigenvalue weighted by Crippen LogP contribution is -2.28. The van der Waals surface area contributed by atoms with Crippen molar-refractivity contribution in [3.05, 3.63) is 53.2 Å². The zero-order chi connectivity index (χ0) is 16.8. The molecule has 0 bridgehead atoms. The van der Waals surface area contributed by atoms with Gasteiger partial charge in [-0.05, 0) is 30.7 Å². The molecule has 1 aromatic carbocycles. The van der Waals surface area contributed by atoms with Crippen LogP contribution in [0.1, 0.15) is 19.4 Å². The van der Waals surface area contributed by atoms with Crippen molar-refractivity contribution in [2.45, 2.75) is 19.9 Å². The molecular weight excluding hydrogens is 316 g/mol. The van der Waals surface area contributed by atoms with Gasteiger partial charge in [0.1, 0.15) is 5.75 Å². The van der Waals surface area contributed by atoms with Gasteiger partial charge in [0.25, 0.3) is 0 Å². The molecule has 2 aromatic rings. The molecule has 0 radical (unpaired) electrons. The number of benzene rings is 1. The third-order valence-corrected chi connectivity index (χ3v) is 3.21. The smallest absolute Gasteiger partial charge is 0.219 e. The van der Waals surface area contributed by atoms with Crippen molar-refractivity contribution in [1.29, 1.82) is 0 Å². The van der Waals surface area contributed by atoms with Gasteiger partial charge in [-0.25, -0.2) is 4.98 Å². The maximum atomic E-state index is 10.9. The SMILES string of the molecule is CC(=O)N[C@@H](C)C=Cc1ccc(Oc2cc(O)ccc2Cl)nc1. The molecule has 2 N–H and O–H groups in total. The molecule has 0 aliphatic carbocycles. The number of aromatic hydroxyl groups is 1. The molecular formula is C17H17ClN2O3. The van der Waals surface area contributed by atoms with Crippen LogP contribution in [-0.4, -0.2) is 22.0 Å². The number of nitrogens with one attached hydrogen (secondary N) is 1. The number of hydrogen-bond acceptors (Lipinski definition) is 4. The predicted molar refractivity (Wildman–Crippen MR) is 89.7 cm³/mol. The summed E-state index contributed by atoms with van der Waals surface area (Å²) in [4.78, 5) is 15.1. The number of halogens is 1. The average Bonchev–Trinajstić information content (AvgIpc) is 2.49. The standard InChI is InChI=1S/C17H17ClN2O3/c1-11(20-12(2)21)3-4-13-5-8-17(19-10-13)23-16-9-14(22)6-7-15(16)18/h3-11,22H,1-2H3,(H,20,21)/t11-/m0/s1. The van der Waals surface area contributed by atoms with Crippen molar-refractivity contribution in [2.75, 3.05) is 0 Å². The second kappa shape index (κ2) is 7.65. The minimum absolute atomic E-state index is 0.0606. The Hall–Kier alpha value is -2.53. The molecule has 0 saturated heterocycles. The van der Waals surface area contributed by atoms with Gasteiger partial charge in [-0.3, -0.25) is 4.79 Å². The first-order valence-electron chi connectivity index (χ1n) is 7.02. The summed E-state index contributed by atoms with van der Waals surface area (Å²) in [7, 11) is 0. The van der Waals surface area contributed by atoms with Crippen LogP contribution in [0.3, 0.4) is 0 Å². The highest BCUT2D eigenvalue weighted by molar-refractivity contribution is 6.32. The van der Waals surface area contributed by atoms with Crippen LogP contribution >= 0.6 is 11.6 Å². The van der Waals surface area contributed by atoms with E-state index in [4.69, 9.17) is 16.3 Å². The van der Waals surface area contributed by atoms with E-state index in [0.29, 0.717) is 16.7 Å². The maximum Gasteiger partial charge on any atom is 0.219 e. The van der Waals surface area contributed by atoms with Crippen LogP contribution < -0.4 is 10.1 Å². The minimum Gasteiger partial charge on any atom is -0.508 e. The highest BCUT2D eigenvalue weighted by Crippen LogP contribution is 2.31. The van der Waals surface area contributed by atoms with E-state index in [2.05, 4.69) is 10.3 Å². The number of carbonyl (C=O) groups excluding carboxylic acids is 1. The zero-order valence-electron chi connectivity index (χ0n) is 12.8. The number of phenolic OH excluding ortho intramolecular Hbond substituents is 1. The Morgan fingerprint density at radius 1 is 1.39 bits per heavy atom. The average molecular weight is 333 g/mol. The van der Waals surface area contributed by atoms with Gasteiger partial charge in [-0.2, -0.15) is 0 Å². The molecule has 0 fully saturated rings. The highest BCUT2D eigenvalue weighted by Gasteiger charge is 2.05. The summed E-state index contributed by atoms with van der Waals surface area (Å²) in [5.41, 5.74) is 0.872. The molecule has 1 amide bonds. The summed E-state index contributed by atoms with van der Waals surface area (Å²) in [5.74, 6) is 0.689. The summed E-state index contributed by atoms with van der Waals surface area (Å²) >= 11 is 5.99. The van der Waals surface area contributed by atoms with Crippen molar-refractivity contribution in [3.8, 4) is 17.4 Å². The molecule has 0 aliphatic heterocycles. The molecule has 1 aromatic heterocycles. The van der Waals surface area contributed by atoms with E-state index in [0.717, 1.165) is 5.56 Å². The molecule has 5 nitrogen and oxygen atoms in total. The summed E-state index contributed by atoms with van der Waals surface area (Å²) in [6.07, 6.45) is 5.37. The number of pyridine rings is 1. The van der Waals surface area contributed by atoms with Gasteiger partial charge in [0.05, 0.1) is 5.02 Å². The van der Waals surface area contributed by atoms with E-state index < -0.39 is 0 Å². The minimum atomic E-state index is -0.0768. The van der Waals surface area contributed by atoms with E-state index in [1.807, 2.05) is 25.1 Å². The van der Waals surface area contributed by atoms with Crippen LogP contribution in [0.5, 0.6) is 17.4 Å². The van der Waals surface area contributed by atoms with E-state index >= 15 is 0 Å². The lowest BCUT2D eigenvalue weighted by atomic mass is 10.2. The molecule has 1 heterocycles. The van der Waals surface area contributed by atoms with E-state index in [1.54, 1.807) is 18.3 Å². The predicted octanol–water partition coefficient (Wildman–Crippen LogP) is 3.77. The molecule has 0 spiro atoms. The number of amides is 1. The normalized spacial score (nSPS) is 12.1. The van der Waals surface area contributed by atoms with Crippen molar-refractivity contribution in [3.63, 3.8) is 0 Å². The monoisotopic (exact) mass is 332 g/mol. The fourth-order valence-electron chi connectivity index (χ4n) is 1.86. The van der Waals surface area contributed by atoms with Gasteiger partial charge in [-0.15, -0.1) is 0 Å². The molecule has 0 saturated carbocycles. The Balaban J connectivity index is 2.03. The molecule has 23 heavy (non-hydrogen) atoms. The van der Waals surface area contributed by atoms with E-state index in [-0.39, 0.29) is 17.7 Å². The quantitative estimate of drug-likeness (QED) is 0.874. The molecule has 6 heteroatoms. The van der Waals surface area contributed by atoms with E-state index in [9.17, 15) is 9.90 Å². The fourth-order valence-corrected chi connectivity index (χ4v) is 2.01. The maximum absolute atomic E-state index is 10.9. The molecule has 0 aliphatic rings. The second-order valence-electron chi connectivity index (χ2n) is 4.99. The Kier molecular flexibility index (Phi) is 5.60. The third-order valence-electron chi connectivity index (χ3n) is 2.90. The van der Waals surface area contributed by atoms with Gasteiger partial charge in [0.2, 0.25) is 11.8 Å². The summed E-state index contributed by atoms with van der Waals surface area (Å²) in [5, 5.41) is 12.6. The fraction of sp³-hybridized carbons (Fsp3) is 0.176. The molecule has 120 valence electrons. The summed E-state index contributed by atoms with van der Waals surface area (Å²) in [6, 6.07) is 7.92. The topological polar surface area (TPSA) is 71.5 Å². The number of rotatable bonds is 5. The number of phenols is 1. The van der Waals surface area contributed by atoms with Gasteiger partial charge in [0, 0.05) is 31.3 Å². The first-order valence-corrected chi connectivity index (χ1v) is 7.39. The summed E-state index contributed by atoms with van der Waals surface area (Å²) in [6.45, 7) is 3.36. The van der Waals surface area contributed by atoms with E-state index in [1.165, 1.54) is 19.1 Å². The molecule has 2 rings (SSSR count). The Bertz CT molecular complexity index is 714. The molecule has 0 unspecified atom stereocenters. The lowest BCUT2D eigenvalue weighted by Gasteiger charge is -2.08. The molecule has 1 atom stereocenters. The van der Waals surface area contributed by atoms with Gasteiger partial charge in [-0.1, -0.05) is 23.8 Å². The van der Waals surface area contributed by atoms with Crippen LogP contribution in [0.15, 0.2) is 42.6 Å².